The van der Waals surface area contributed by atoms with Crippen molar-refractivity contribution in [2.24, 2.45) is 11.5 Å². The topological polar surface area (TPSA) is 99.7 Å². The molecule has 116 valence electrons. The average molecular weight is 344 g/mol. The number of nitrogens with two attached hydrogens (primary N) is 2. The van der Waals surface area contributed by atoms with Gasteiger partial charge in [-0.3, -0.25) is 10.8 Å². The number of rotatable bonds is 4. The second-order valence-corrected chi connectivity index (χ2v) is 7.02. The lowest BCUT2D eigenvalue weighted by Gasteiger charge is -2.03. The van der Waals surface area contributed by atoms with Crippen molar-refractivity contribution in [2.75, 3.05) is 0 Å². The molecule has 0 saturated carbocycles. The third kappa shape index (κ3) is 3.01. The molecule has 23 heavy (non-hydrogen) atoms. The highest BCUT2D eigenvalue weighted by molar-refractivity contribution is 7.24. The molecule has 2 heterocycles. The van der Waals surface area contributed by atoms with Crippen molar-refractivity contribution in [3.63, 3.8) is 0 Å². The largest absolute Gasteiger partial charge is 0.384 e. The van der Waals surface area contributed by atoms with Crippen LogP contribution >= 0.6 is 22.7 Å². The monoisotopic (exact) mass is 344 g/mol. The fourth-order valence-corrected chi connectivity index (χ4v) is 4.09. The van der Waals surface area contributed by atoms with Gasteiger partial charge in [-0.25, -0.2) is 4.39 Å². The number of thiophene rings is 2. The molecule has 0 spiro atoms. The third-order valence-corrected chi connectivity index (χ3v) is 5.71. The Hall–Kier alpha value is -2.51. The molecule has 4 nitrogen and oxygen atoms in total. The fraction of sp³-hybridized carbons (Fsp3) is 0. The van der Waals surface area contributed by atoms with Crippen molar-refractivity contribution >= 4 is 34.3 Å². The Morgan fingerprint density at radius 1 is 0.826 bits per heavy atom. The number of amidine groups is 2. The maximum absolute atomic E-state index is 14.0. The molecule has 7 heteroatoms. The van der Waals surface area contributed by atoms with Crippen molar-refractivity contribution < 1.29 is 4.39 Å². The highest BCUT2D eigenvalue weighted by Gasteiger charge is 2.11. The van der Waals surface area contributed by atoms with Gasteiger partial charge in [-0.05, 0) is 42.0 Å². The Kier molecular flexibility index (Phi) is 3.97. The summed E-state index contributed by atoms with van der Waals surface area (Å²) >= 11 is 2.99. The summed E-state index contributed by atoms with van der Waals surface area (Å²) in [7, 11) is 0. The van der Waals surface area contributed by atoms with Crippen molar-refractivity contribution in [3.8, 4) is 20.2 Å². The van der Waals surface area contributed by atoms with Crippen LogP contribution in [-0.2, 0) is 0 Å². The van der Waals surface area contributed by atoms with Gasteiger partial charge < -0.3 is 11.5 Å². The average Bonchev–Trinajstić information content (AvgIpc) is 3.16. The van der Waals surface area contributed by atoms with Gasteiger partial charge in [0.15, 0.2) is 0 Å². The van der Waals surface area contributed by atoms with Crippen molar-refractivity contribution in [1.82, 2.24) is 0 Å². The molecule has 0 aliphatic carbocycles. The Labute approximate surface area is 140 Å². The minimum atomic E-state index is -0.500. The van der Waals surface area contributed by atoms with Crippen molar-refractivity contribution in [3.05, 3.63) is 58.7 Å². The summed E-state index contributed by atoms with van der Waals surface area (Å²) in [4.78, 5) is 3.71. The maximum Gasteiger partial charge on any atom is 0.134 e. The van der Waals surface area contributed by atoms with E-state index in [1.807, 2.05) is 24.3 Å². The number of halogens is 1. The van der Waals surface area contributed by atoms with E-state index in [9.17, 15) is 4.39 Å². The zero-order valence-electron chi connectivity index (χ0n) is 11.9. The molecule has 0 amide bonds. The summed E-state index contributed by atoms with van der Waals surface area (Å²) in [6.45, 7) is 0. The summed E-state index contributed by atoms with van der Waals surface area (Å²) < 4.78 is 14.0. The first kappa shape index (κ1) is 15.4. The number of benzene rings is 1. The Morgan fingerprint density at radius 3 is 2.09 bits per heavy atom. The quantitative estimate of drug-likeness (QED) is 0.427. The number of hydrogen-bond donors (Lipinski definition) is 4. The molecule has 0 unspecified atom stereocenters. The maximum atomic E-state index is 14.0. The lowest BCUT2D eigenvalue weighted by molar-refractivity contribution is 0.625. The van der Waals surface area contributed by atoms with Crippen LogP contribution in [0.4, 0.5) is 4.39 Å². The first-order valence-electron chi connectivity index (χ1n) is 6.64. The van der Waals surface area contributed by atoms with Crippen LogP contribution in [0.15, 0.2) is 42.5 Å². The van der Waals surface area contributed by atoms with Gasteiger partial charge in [0.05, 0.1) is 10.4 Å². The smallest absolute Gasteiger partial charge is 0.134 e. The number of hydrogen-bond acceptors (Lipinski definition) is 4. The van der Waals surface area contributed by atoms with E-state index in [0.717, 1.165) is 25.1 Å². The van der Waals surface area contributed by atoms with Crippen LogP contribution in [0.2, 0.25) is 0 Å². The number of nitrogen functional groups attached to an aromatic ring is 2. The first-order chi connectivity index (χ1) is 11.0. The molecule has 2 aromatic heterocycles. The van der Waals surface area contributed by atoms with Gasteiger partial charge in [-0.1, -0.05) is 6.07 Å². The Bertz CT molecular complexity index is 910. The van der Waals surface area contributed by atoms with Crippen LogP contribution < -0.4 is 11.5 Å². The SMILES string of the molecule is N=C(N)c1ccc(-c2ccc(-c3ccc(C(=N)N)c(F)c3)s2)s1. The molecule has 0 bridgehead atoms. The Morgan fingerprint density at radius 2 is 1.48 bits per heavy atom. The van der Waals surface area contributed by atoms with Gasteiger partial charge in [0.2, 0.25) is 0 Å². The lowest BCUT2D eigenvalue weighted by Crippen LogP contribution is -2.12. The van der Waals surface area contributed by atoms with E-state index in [1.165, 1.54) is 34.8 Å². The van der Waals surface area contributed by atoms with E-state index in [-0.39, 0.29) is 17.2 Å². The van der Waals surface area contributed by atoms with Crippen LogP contribution in [0.25, 0.3) is 20.2 Å². The zero-order valence-corrected chi connectivity index (χ0v) is 13.5. The van der Waals surface area contributed by atoms with Gasteiger partial charge in [0.1, 0.15) is 17.5 Å². The van der Waals surface area contributed by atoms with Gasteiger partial charge in [0.25, 0.3) is 0 Å². The molecule has 0 saturated heterocycles. The van der Waals surface area contributed by atoms with E-state index in [4.69, 9.17) is 22.3 Å². The Balaban J connectivity index is 1.93. The fourth-order valence-electron chi connectivity index (χ4n) is 2.13. The van der Waals surface area contributed by atoms with Crippen molar-refractivity contribution in [1.29, 1.82) is 10.8 Å². The molecule has 1 aromatic carbocycles. The van der Waals surface area contributed by atoms with E-state index in [0.29, 0.717) is 0 Å². The molecule has 0 fully saturated rings. The predicted molar refractivity (Wildman–Crippen MR) is 95.1 cm³/mol. The van der Waals surface area contributed by atoms with Gasteiger partial charge in [-0.15, -0.1) is 22.7 Å². The molecule has 3 aromatic rings. The molecular weight excluding hydrogens is 331 g/mol. The minimum absolute atomic E-state index is 0.0555. The zero-order chi connectivity index (χ0) is 16.6. The predicted octanol–water partition coefficient (Wildman–Crippen LogP) is 3.85. The normalized spacial score (nSPS) is 10.7. The summed E-state index contributed by atoms with van der Waals surface area (Å²) in [5.74, 6) is -0.726. The third-order valence-electron chi connectivity index (χ3n) is 3.26. The molecule has 3 rings (SSSR count). The highest BCUT2D eigenvalue weighted by atomic mass is 32.1. The second kappa shape index (κ2) is 5.94. The summed E-state index contributed by atoms with van der Waals surface area (Å²) in [5.41, 5.74) is 11.7. The summed E-state index contributed by atoms with van der Waals surface area (Å²) in [6.07, 6.45) is 0. The lowest BCUT2D eigenvalue weighted by atomic mass is 10.1. The van der Waals surface area contributed by atoms with E-state index in [1.54, 1.807) is 6.07 Å². The first-order valence-corrected chi connectivity index (χ1v) is 8.28. The molecule has 6 N–H and O–H groups in total. The van der Waals surface area contributed by atoms with Gasteiger partial charge in [0, 0.05) is 14.6 Å². The molecule has 0 atom stereocenters. The molecule has 0 aliphatic heterocycles. The minimum Gasteiger partial charge on any atom is -0.384 e. The number of nitrogens with one attached hydrogen (secondary N) is 2. The van der Waals surface area contributed by atoms with Crippen LogP contribution in [0.1, 0.15) is 10.4 Å². The van der Waals surface area contributed by atoms with Gasteiger partial charge in [-0.2, -0.15) is 0 Å². The van der Waals surface area contributed by atoms with Crippen LogP contribution in [0, 0.1) is 16.6 Å². The van der Waals surface area contributed by atoms with Crippen LogP contribution in [0.3, 0.4) is 0 Å². The summed E-state index contributed by atoms with van der Waals surface area (Å²) in [5, 5.41) is 14.8. The van der Waals surface area contributed by atoms with Crippen molar-refractivity contribution in [2.45, 2.75) is 0 Å². The highest BCUT2D eigenvalue weighted by Crippen LogP contribution is 2.37. The van der Waals surface area contributed by atoms with Crippen LogP contribution in [0.5, 0.6) is 0 Å². The standard InChI is InChI=1S/C16H13FN4S2/c17-10-7-8(1-2-9(10)15(18)19)11-3-4-12(22-11)13-5-6-14(23-13)16(20)21/h1-7H,(H3,18,19)(H3,20,21). The molecule has 0 radical (unpaired) electrons. The molecule has 0 aliphatic rings. The van der Waals surface area contributed by atoms with E-state index < -0.39 is 5.82 Å². The van der Waals surface area contributed by atoms with E-state index in [2.05, 4.69) is 0 Å². The molecular formula is C16H13FN4S2. The summed E-state index contributed by atoms with van der Waals surface area (Å²) in [6, 6.07) is 12.3. The second-order valence-electron chi connectivity index (χ2n) is 4.85. The van der Waals surface area contributed by atoms with Gasteiger partial charge >= 0.3 is 0 Å². The van der Waals surface area contributed by atoms with E-state index >= 15 is 0 Å². The van der Waals surface area contributed by atoms with Crippen LogP contribution in [-0.4, -0.2) is 11.7 Å².